The first-order valence-corrected chi connectivity index (χ1v) is 6.53. The highest BCUT2D eigenvalue weighted by Gasteiger charge is 2.34. The van der Waals surface area contributed by atoms with Crippen molar-refractivity contribution < 1.29 is 14.7 Å². The molecule has 1 fully saturated rings. The number of aliphatic carboxylic acids is 1. The SMILES string of the molecule is CC1CCCCN1C(=O)N[C@@H](C(=O)O)C(C)(C)C. The van der Waals surface area contributed by atoms with Gasteiger partial charge in [0.2, 0.25) is 0 Å². The lowest BCUT2D eigenvalue weighted by Gasteiger charge is -2.36. The Bertz CT molecular complexity index is 323. The van der Waals surface area contributed by atoms with Gasteiger partial charge in [-0.1, -0.05) is 20.8 Å². The van der Waals surface area contributed by atoms with Crippen molar-refractivity contribution in [1.82, 2.24) is 10.2 Å². The van der Waals surface area contributed by atoms with Crippen LogP contribution in [0.1, 0.15) is 47.0 Å². The molecule has 5 heteroatoms. The second-order valence-electron chi connectivity index (χ2n) is 6.12. The van der Waals surface area contributed by atoms with Crippen LogP contribution in [0.15, 0.2) is 0 Å². The summed E-state index contributed by atoms with van der Waals surface area (Å²) in [7, 11) is 0. The van der Waals surface area contributed by atoms with Crippen molar-refractivity contribution in [2.45, 2.75) is 59.0 Å². The molecule has 1 aliphatic heterocycles. The van der Waals surface area contributed by atoms with Crippen molar-refractivity contribution in [3.05, 3.63) is 0 Å². The molecule has 0 aromatic rings. The zero-order chi connectivity index (χ0) is 13.9. The van der Waals surface area contributed by atoms with Crippen LogP contribution in [-0.2, 0) is 4.79 Å². The van der Waals surface area contributed by atoms with Crippen molar-refractivity contribution in [2.75, 3.05) is 6.54 Å². The van der Waals surface area contributed by atoms with E-state index >= 15 is 0 Å². The number of piperidine rings is 1. The summed E-state index contributed by atoms with van der Waals surface area (Å²) in [5.74, 6) is -0.986. The Labute approximate surface area is 109 Å². The Hall–Kier alpha value is -1.26. The van der Waals surface area contributed by atoms with Crippen molar-refractivity contribution in [1.29, 1.82) is 0 Å². The van der Waals surface area contributed by atoms with Crippen LogP contribution in [0.2, 0.25) is 0 Å². The minimum atomic E-state index is -0.986. The number of hydrogen-bond donors (Lipinski definition) is 2. The number of carboxylic acids is 1. The van der Waals surface area contributed by atoms with Gasteiger partial charge in [-0.3, -0.25) is 0 Å². The van der Waals surface area contributed by atoms with Crippen LogP contribution < -0.4 is 5.32 Å². The van der Waals surface area contributed by atoms with Crippen LogP contribution in [0, 0.1) is 5.41 Å². The Balaban J connectivity index is 2.69. The summed E-state index contributed by atoms with van der Waals surface area (Å²) in [6.07, 6.45) is 3.11. The first-order chi connectivity index (χ1) is 8.23. The van der Waals surface area contributed by atoms with Crippen LogP contribution in [0.25, 0.3) is 0 Å². The van der Waals surface area contributed by atoms with Crippen LogP contribution in [0.4, 0.5) is 4.79 Å². The lowest BCUT2D eigenvalue weighted by molar-refractivity contribution is -0.142. The first kappa shape index (κ1) is 14.8. The summed E-state index contributed by atoms with van der Waals surface area (Å²) in [6, 6.07) is -0.934. The van der Waals surface area contributed by atoms with Crippen molar-refractivity contribution in [3.8, 4) is 0 Å². The molecule has 0 aliphatic carbocycles. The zero-order valence-electron chi connectivity index (χ0n) is 11.7. The van der Waals surface area contributed by atoms with Gasteiger partial charge in [0.05, 0.1) is 0 Å². The van der Waals surface area contributed by atoms with Gasteiger partial charge < -0.3 is 15.3 Å². The molecule has 1 unspecified atom stereocenters. The molecule has 0 spiro atoms. The quantitative estimate of drug-likeness (QED) is 0.794. The lowest BCUT2D eigenvalue weighted by Crippen LogP contribution is -2.55. The van der Waals surface area contributed by atoms with Gasteiger partial charge >= 0.3 is 12.0 Å². The summed E-state index contributed by atoms with van der Waals surface area (Å²) >= 11 is 0. The van der Waals surface area contributed by atoms with E-state index in [0.717, 1.165) is 19.3 Å². The number of nitrogens with zero attached hydrogens (tertiary/aromatic N) is 1. The molecule has 1 saturated heterocycles. The highest BCUT2D eigenvalue weighted by atomic mass is 16.4. The molecule has 1 aliphatic rings. The molecule has 0 radical (unpaired) electrons. The second-order valence-corrected chi connectivity index (χ2v) is 6.12. The average Bonchev–Trinajstić information content (AvgIpc) is 2.24. The second kappa shape index (κ2) is 5.59. The third-order valence-electron chi connectivity index (χ3n) is 3.44. The fraction of sp³-hybridized carbons (Fsp3) is 0.846. The number of carbonyl (C=O) groups is 2. The van der Waals surface area contributed by atoms with Crippen molar-refractivity contribution in [2.24, 2.45) is 5.41 Å². The standard InChI is InChI=1S/C13H24N2O3/c1-9-7-5-6-8-15(9)12(18)14-10(11(16)17)13(2,3)4/h9-10H,5-8H2,1-4H3,(H,14,18)(H,16,17)/t9?,10-/m0/s1. The van der Waals surface area contributed by atoms with Gasteiger partial charge in [-0.05, 0) is 31.6 Å². The number of amides is 2. The molecule has 0 aromatic carbocycles. The zero-order valence-corrected chi connectivity index (χ0v) is 11.7. The minimum Gasteiger partial charge on any atom is -0.480 e. The number of urea groups is 1. The van der Waals surface area contributed by atoms with Gasteiger partial charge in [-0.2, -0.15) is 0 Å². The summed E-state index contributed by atoms with van der Waals surface area (Å²) in [5, 5.41) is 11.8. The summed E-state index contributed by atoms with van der Waals surface area (Å²) < 4.78 is 0. The molecule has 1 heterocycles. The van der Waals surface area contributed by atoms with E-state index < -0.39 is 17.4 Å². The molecule has 5 nitrogen and oxygen atoms in total. The highest BCUT2D eigenvalue weighted by molar-refractivity contribution is 5.83. The van der Waals surface area contributed by atoms with Gasteiger partial charge in [0, 0.05) is 12.6 Å². The molecule has 0 saturated carbocycles. The number of carboxylic acid groups (broad SMARTS) is 1. The van der Waals surface area contributed by atoms with Crippen LogP contribution >= 0.6 is 0 Å². The Kier molecular flexibility index (Phi) is 4.59. The highest BCUT2D eigenvalue weighted by Crippen LogP contribution is 2.21. The van der Waals surface area contributed by atoms with Gasteiger partial charge in [0.15, 0.2) is 0 Å². The predicted molar refractivity (Wildman–Crippen MR) is 69.4 cm³/mol. The largest absolute Gasteiger partial charge is 0.480 e. The van der Waals surface area contributed by atoms with E-state index in [1.165, 1.54) is 0 Å². The van der Waals surface area contributed by atoms with Crippen molar-refractivity contribution in [3.63, 3.8) is 0 Å². The van der Waals surface area contributed by atoms with E-state index in [9.17, 15) is 14.7 Å². The fourth-order valence-corrected chi connectivity index (χ4v) is 2.25. The molecular weight excluding hydrogens is 232 g/mol. The first-order valence-electron chi connectivity index (χ1n) is 6.53. The monoisotopic (exact) mass is 256 g/mol. The summed E-state index contributed by atoms with van der Waals surface area (Å²) in [6.45, 7) is 8.15. The third-order valence-corrected chi connectivity index (χ3v) is 3.44. The molecule has 0 aromatic heterocycles. The van der Waals surface area contributed by atoms with E-state index in [1.807, 2.05) is 27.7 Å². The Morgan fingerprint density at radius 2 is 1.94 bits per heavy atom. The number of hydrogen-bond acceptors (Lipinski definition) is 2. The van der Waals surface area contributed by atoms with E-state index in [4.69, 9.17) is 0 Å². The van der Waals surface area contributed by atoms with E-state index in [-0.39, 0.29) is 12.1 Å². The van der Waals surface area contributed by atoms with E-state index in [0.29, 0.717) is 6.54 Å². The maximum atomic E-state index is 12.1. The minimum absolute atomic E-state index is 0.188. The third kappa shape index (κ3) is 3.62. The molecule has 18 heavy (non-hydrogen) atoms. The van der Waals surface area contributed by atoms with Crippen LogP contribution in [0.3, 0.4) is 0 Å². The predicted octanol–water partition coefficient (Wildman–Crippen LogP) is 2.07. The van der Waals surface area contributed by atoms with Crippen LogP contribution in [-0.4, -0.2) is 40.6 Å². The number of carbonyl (C=O) groups excluding carboxylic acids is 1. The van der Waals surface area contributed by atoms with Crippen molar-refractivity contribution >= 4 is 12.0 Å². The number of rotatable bonds is 2. The molecule has 2 atom stereocenters. The normalized spacial score (nSPS) is 22.4. The molecule has 2 amide bonds. The molecular formula is C13H24N2O3. The number of likely N-dealkylation sites (tertiary alicyclic amines) is 1. The molecule has 1 rings (SSSR count). The topological polar surface area (TPSA) is 69.6 Å². The summed E-state index contributed by atoms with van der Waals surface area (Å²) in [5.41, 5.74) is -0.499. The van der Waals surface area contributed by atoms with Crippen LogP contribution in [0.5, 0.6) is 0 Å². The molecule has 2 N–H and O–H groups in total. The molecule has 0 bridgehead atoms. The van der Waals surface area contributed by atoms with Gasteiger partial charge in [0.1, 0.15) is 6.04 Å². The van der Waals surface area contributed by atoms with Gasteiger partial charge in [0.25, 0.3) is 0 Å². The maximum Gasteiger partial charge on any atom is 0.326 e. The fourth-order valence-electron chi connectivity index (χ4n) is 2.25. The number of nitrogens with one attached hydrogen (secondary N) is 1. The Morgan fingerprint density at radius 1 is 1.33 bits per heavy atom. The smallest absolute Gasteiger partial charge is 0.326 e. The maximum absolute atomic E-state index is 12.1. The van der Waals surface area contributed by atoms with E-state index in [2.05, 4.69) is 5.32 Å². The average molecular weight is 256 g/mol. The lowest BCUT2D eigenvalue weighted by atomic mass is 9.87. The van der Waals surface area contributed by atoms with E-state index in [1.54, 1.807) is 4.90 Å². The van der Waals surface area contributed by atoms with Gasteiger partial charge in [-0.25, -0.2) is 9.59 Å². The Morgan fingerprint density at radius 3 is 2.39 bits per heavy atom. The molecule has 104 valence electrons. The van der Waals surface area contributed by atoms with Gasteiger partial charge in [-0.15, -0.1) is 0 Å². The summed E-state index contributed by atoms with van der Waals surface area (Å²) in [4.78, 5) is 25.1.